The SMILES string of the molecule is CC(=O)Nc1cccc(C(C)NC(=O)C(F)F)c1. The van der Waals surface area contributed by atoms with Gasteiger partial charge in [-0.1, -0.05) is 12.1 Å². The third-order valence-electron chi connectivity index (χ3n) is 2.26. The fourth-order valence-electron chi connectivity index (χ4n) is 1.45. The zero-order chi connectivity index (χ0) is 13.7. The third-order valence-corrected chi connectivity index (χ3v) is 2.26. The number of rotatable bonds is 4. The summed E-state index contributed by atoms with van der Waals surface area (Å²) < 4.78 is 24.2. The standard InChI is InChI=1S/C12H14F2N2O2/c1-7(15-12(18)11(13)14)9-4-3-5-10(6-9)16-8(2)17/h3-7,11H,1-2H3,(H,15,18)(H,16,17). The first-order valence-corrected chi connectivity index (χ1v) is 5.36. The van der Waals surface area contributed by atoms with Gasteiger partial charge >= 0.3 is 6.43 Å². The molecule has 98 valence electrons. The summed E-state index contributed by atoms with van der Waals surface area (Å²) in [4.78, 5) is 21.7. The van der Waals surface area contributed by atoms with E-state index in [-0.39, 0.29) is 5.91 Å². The van der Waals surface area contributed by atoms with Gasteiger partial charge in [-0.2, -0.15) is 8.78 Å². The van der Waals surface area contributed by atoms with Crippen LogP contribution in [0.2, 0.25) is 0 Å². The minimum atomic E-state index is -3.04. The molecule has 1 aromatic carbocycles. The number of benzene rings is 1. The van der Waals surface area contributed by atoms with Crippen molar-refractivity contribution in [3.05, 3.63) is 29.8 Å². The molecule has 1 rings (SSSR count). The maximum atomic E-state index is 12.1. The number of carbonyl (C=O) groups is 2. The van der Waals surface area contributed by atoms with E-state index in [0.717, 1.165) is 0 Å². The molecule has 1 unspecified atom stereocenters. The van der Waals surface area contributed by atoms with Crippen LogP contribution in [-0.4, -0.2) is 18.2 Å². The summed E-state index contributed by atoms with van der Waals surface area (Å²) in [5, 5.41) is 4.75. The quantitative estimate of drug-likeness (QED) is 0.866. The van der Waals surface area contributed by atoms with Crippen molar-refractivity contribution in [3.8, 4) is 0 Å². The van der Waals surface area contributed by atoms with Crippen LogP contribution >= 0.6 is 0 Å². The average Bonchev–Trinajstić information content (AvgIpc) is 2.28. The normalized spacial score (nSPS) is 12.1. The number of hydrogen-bond acceptors (Lipinski definition) is 2. The number of nitrogens with one attached hydrogen (secondary N) is 2. The summed E-state index contributed by atoms with van der Waals surface area (Å²) in [6.45, 7) is 2.96. The molecule has 6 heteroatoms. The van der Waals surface area contributed by atoms with Crippen LogP contribution in [0.3, 0.4) is 0 Å². The van der Waals surface area contributed by atoms with Crippen molar-refractivity contribution >= 4 is 17.5 Å². The van der Waals surface area contributed by atoms with E-state index in [1.54, 1.807) is 31.2 Å². The van der Waals surface area contributed by atoms with E-state index in [4.69, 9.17) is 0 Å². The zero-order valence-corrected chi connectivity index (χ0v) is 10.0. The number of hydrogen-bond donors (Lipinski definition) is 2. The van der Waals surface area contributed by atoms with Crippen molar-refractivity contribution in [1.82, 2.24) is 5.32 Å². The van der Waals surface area contributed by atoms with Gasteiger partial charge in [-0.3, -0.25) is 9.59 Å². The fraction of sp³-hybridized carbons (Fsp3) is 0.333. The molecule has 0 aliphatic heterocycles. The lowest BCUT2D eigenvalue weighted by Crippen LogP contribution is -2.31. The van der Waals surface area contributed by atoms with Gasteiger partial charge in [0, 0.05) is 12.6 Å². The molecular weight excluding hydrogens is 242 g/mol. The number of carbonyl (C=O) groups excluding carboxylic acids is 2. The molecule has 0 aromatic heterocycles. The molecule has 0 aliphatic carbocycles. The van der Waals surface area contributed by atoms with Crippen LogP contribution in [0.4, 0.5) is 14.5 Å². The molecule has 0 aliphatic rings. The van der Waals surface area contributed by atoms with Crippen LogP contribution in [0.5, 0.6) is 0 Å². The van der Waals surface area contributed by atoms with Gasteiger partial charge in [-0.25, -0.2) is 0 Å². The van der Waals surface area contributed by atoms with Gasteiger partial charge in [-0.15, -0.1) is 0 Å². The van der Waals surface area contributed by atoms with Gasteiger partial charge in [0.05, 0.1) is 6.04 Å². The van der Waals surface area contributed by atoms with E-state index in [9.17, 15) is 18.4 Å². The van der Waals surface area contributed by atoms with Gasteiger partial charge in [0.2, 0.25) is 5.91 Å². The molecule has 0 heterocycles. The summed E-state index contributed by atoms with van der Waals surface area (Å²) in [6.07, 6.45) is -3.04. The Kier molecular flexibility index (Phi) is 4.76. The smallest absolute Gasteiger partial charge is 0.315 e. The Hall–Kier alpha value is -1.98. The Morgan fingerprint density at radius 1 is 1.28 bits per heavy atom. The number of amides is 2. The molecule has 2 N–H and O–H groups in total. The molecule has 18 heavy (non-hydrogen) atoms. The van der Waals surface area contributed by atoms with Crippen molar-refractivity contribution in [2.24, 2.45) is 0 Å². The Balaban J connectivity index is 2.76. The lowest BCUT2D eigenvalue weighted by molar-refractivity contribution is -0.132. The second-order valence-corrected chi connectivity index (χ2v) is 3.84. The highest BCUT2D eigenvalue weighted by atomic mass is 19.3. The fourth-order valence-corrected chi connectivity index (χ4v) is 1.45. The molecule has 0 fully saturated rings. The second kappa shape index (κ2) is 6.09. The molecule has 0 saturated heterocycles. The van der Waals surface area contributed by atoms with Crippen molar-refractivity contribution in [2.75, 3.05) is 5.32 Å². The largest absolute Gasteiger partial charge is 0.345 e. The van der Waals surface area contributed by atoms with Crippen molar-refractivity contribution in [2.45, 2.75) is 26.3 Å². The first-order valence-electron chi connectivity index (χ1n) is 5.36. The third kappa shape index (κ3) is 4.12. The summed E-state index contributed by atoms with van der Waals surface area (Å²) in [5.74, 6) is -1.54. The van der Waals surface area contributed by atoms with Crippen molar-refractivity contribution in [3.63, 3.8) is 0 Å². The molecule has 0 radical (unpaired) electrons. The lowest BCUT2D eigenvalue weighted by Gasteiger charge is -2.15. The second-order valence-electron chi connectivity index (χ2n) is 3.84. The predicted molar refractivity (Wildman–Crippen MR) is 63.3 cm³/mol. The summed E-state index contributed by atoms with van der Waals surface area (Å²) in [5.41, 5.74) is 1.19. The van der Waals surface area contributed by atoms with Gasteiger partial charge in [0.25, 0.3) is 5.91 Å². The van der Waals surface area contributed by atoms with Crippen molar-refractivity contribution in [1.29, 1.82) is 0 Å². The van der Waals surface area contributed by atoms with Crippen LogP contribution in [-0.2, 0) is 9.59 Å². The molecule has 2 amide bonds. The van der Waals surface area contributed by atoms with E-state index < -0.39 is 18.4 Å². The predicted octanol–water partition coefficient (Wildman–Crippen LogP) is 2.09. The highest BCUT2D eigenvalue weighted by Crippen LogP contribution is 2.17. The van der Waals surface area contributed by atoms with E-state index in [2.05, 4.69) is 10.6 Å². The Morgan fingerprint density at radius 3 is 2.50 bits per heavy atom. The molecule has 0 spiro atoms. The Bertz CT molecular complexity index is 449. The molecule has 1 aromatic rings. The number of halogens is 2. The molecule has 0 bridgehead atoms. The first-order chi connectivity index (χ1) is 8.40. The topological polar surface area (TPSA) is 58.2 Å². The highest BCUT2D eigenvalue weighted by molar-refractivity contribution is 5.88. The van der Waals surface area contributed by atoms with Crippen molar-refractivity contribution < 1.29 is 18.4 Å². The molecule has 4 nitrogen and oxygen atoms in total. The molecule has 1 atom stereocenters. The van der Waals surface area contributed by atoms with Crippen LogP contribution < -0.4 is 10.6 Å². The van der Waals surface area contributed by atoms with Gasteiger partial charge in [-0.05, 0) is 24.6 Å². The number of alkyl halides is 2. The van der Waals surface area contributed by atoms with Gasteiger partial charge in [0.1, 0.15) is 0 Å². The minimum Gasteiger partial charge on any atom is -0.345 e. The van der Waals surface area contributed by atoms with E-state index in [0.29, 0.717) is 11.3 Å². The van der Waals surface area contributed by atoms with Crippen LogP contribution in [0, 0.1) is 0 Å². The molecular formula is C12H14F2N2O2. The Labute approximate surface area is 103 Å². The van der Waals surface area contributed by atoms with Gasteiger partial charge < -0.3 is 10.6 Å². The average molecular weight is 256 g/mol. The monoisotopic (exact) mass is 256 g/mol. The minimum absolute atomic E-state index is 0.226. The lowest BCUT2D eigenvalue weighted by atomic mass is 10.1. The maximum absolute atomic E-state index is 12.1. The summed E-state index contributed by atoms with van der Waals surface area (Å²) in [7, 11) is 0. The maximum Gasteiger partial charge on any atom is 0.315 e. The highest BCUT2D eigenvalue weighted by Gasteiger charge is 2.18. The zero-order valence-electron chi connectivity index (χ0n) is 10.0. The van der Waals surface area contributed by atoms with Gasteiger partial charge in [0.15, 0.2) is 0 Å². The summed E-state index contributed by atoms with van der Waals surface area (Å²) >= 11 is 0. The Morgan fingerprint density at radius 2 is 1.94 bits per heavy atom. The van der Waals surface area contributed by atoms with E-state index in [1.165, 1.54) is 6.92 Å². The van der Waals surface area contributed by atoms with E-state index in [1.807, 2.05) is 0 Å². The van der Waals surface area contributed by atoms with Crippen LogP contribution in [0.25, 0.3) is 0 Å². The number of anilines is 1. The molecule has 0 saturated carbocycles. The van der Waals surface area contributed by atoms with E-state index >= 15 is 0 Å². The van der Waals surface area contributed by atoms with Crippen LogP contribution in [0.1, 0.15) is 25.5 Å². The van der Waals surface area contributed by atoms with Crippen LogP contribution in [0.15, 0.2) is 24.3 Å². The summed E-state index contributed by atoms with van der Waals surface area (Å²) in [6, 6.07) is 6.10. The first kappa shape index (κ1) is 14.1.